The van der Waals surface area contributed by atoms with Crippen molar-refractivity contribution >= 4 is 46.1 Å². The van der Waals surface area contributed by atoms with Gasteiger partial charge in [0, 0.05) is 25.2 Å². The first-order valence-electron chi connectivity index (χ1n) is 13.2. The van der Waals surface area contributed by atoms with Crippen molar-refractivity contribution in [1.82, 2.24) is 9.47 Å². The number of pyridine rings is 1. The topological polar surface area (TPSA) is 96.6 Å². The van der Waals surface area contributed by atoms with Gasteiger partial charge in [-0.25, -0.2) is 0 Å². The van der Waals surface area contributed by atoms with Crippen LogP contribution in [0.2, 0.25) is 0 Å². The van der Waals surface area contributed by atoms with Gasteiger partial charge in [-0.1, -0.05) is 56.7 Å². The minimum absolute atomic E-state index is 0.0873. The molecule has 0 bridgehead atoms. The molecular weight excluding hydrogens is 532 g/mol. The largest absolute Gasteiger partial charge is 0.493 e. The first-order valence-corrected chi connectivity index (χ1v) is 14.4. The Hall–Kier alpha value is -3.29. The summed E-state index contributed by atoms with van der Waals surface area (Å²) in [7, 11) is 3.20. The van der Waals surface area contributed by atoms with E-state index in [4.69, 9.17) is 21.7 Å². The highest BCUT2D eigenvalue weighted by molar-refractivity contribution is 8.26. The highest BCUT2D eigenvalue weighted by atomic mass is 32.2. The molecule has 1 fully saturated rings. The summed E-state index contributed by atoms with van der Waals surface area (Å²) in [5, 5.41) is 13.3. The Bertz CT molecular complexity index is 1360. The molecule has 1 N–H and O–H groups in total. The summed E-state index contributed by atoms with van der Waals surface area (Å²) < 4.78 is 12.9. The summed E-state index contributed by atoms with van der Waals surface area (Å²) in [4.78, 5) is 28.7. The predicted molar refractivity (Wildman–Crippen MR) is 162 cm³/mol. The van der Waals surface area contributed by atoms with Crippen LogP contribution in [-0.2, 0) is 17.8 Å². The van der Waals surface area contributed by atoms with Crippen molar-refractivity contribution in [3.63, 3.8) is 0 Å². The van der Waals surface area contributed by atoms with Crippen LogP contribution in [-0.4, -0.2) is 47.0 Å². The molecule has 0 radical (unpaired) electrons. The Morgan fingerprint density at radius 1 is 1.10 bits per heavy atom. The summed E-state index contributed by atoms with van der Waals surface area (Å²) >= 11 is 6.75. The van der Waals surface area contributed by atoms with Crippen molar-refractivity contribution in [3.8, 4) is 17.6 Å². The lowest BCUT2D eigenvalue weighted by atomic mass is 10.0. The van der Waals surface area contributed by atoms with E-state index in [0.717, 1.165) is 31.2 Å². The molecule has 1 aliphatic heterocycles. The minimum Gasteiger partial charge on any atom is -0.493 e. The zero-order chi connectivity index (χ0) is 28.5. The molecule has 208 valence electrons. The summed E-state index contributed by atoms with van der Waals surface area (Å²) in [6.45, 7) is 7.43. The number of ether oxygens (including phenoxy) is 2. The van der Waals surface area contributed by atoms with Crippen LogP contribution in [0.15, 0.2) is 27.9 Å². The molecule has 0 saturated carbocycles. The lowest BCUT2D eigenvalue weighted by Crippen LogP contribution is -2.29. The van der Waals surface area contributed by atoms with Crippen molar-refractivity contribution < 1.29 is 14.3 Å². The Morgan fingerprint density at radius 2 is 1.79 bits per heavy atom. The van der Waals surface area contributed by atoms with E-state index >= 15 is 0 Å². The Morgan fingerprint density at radius 3 is 2.44 bits per heavy atom. The van der Waals surface area contributed by atoms with Crippen molar-refractivity contribution in [2.45, 2.75) is 59.4 Å². The molecule has 2 heterocycles. The zero-order valence-electron chi connectivity index (χ0n) is 23.3. The molecule has 39 heavy (non-hydrogen) atoms. The van der Waals surface area contributed by atoms with Crippen LogP contribution in [0.5, 0.6) is 11.5 Å². The van der Waals surface area contributed by atoms with E-state index < -0.39 is 0 Å². The SMILES string of the molecule is CCCCN1C(=O)/C(=C\c2c(C)c(C#N)c(=O)n(CCCC)c2NCCc2ccc(OC)c(OC)c2)SC1=S. The molecule has 8 nitrogen and oxygen atoms in total. The lowest BCUT2D eigenvalue weighted by Gasteiger charge is -2.20. The number of anilines is 1. The van der Waals surface area contributed by atoms with Gasteiger partial charge in [-0.15, -0.1) is 0 Å². The average molecular weight is 569 g/mol. The smallest absolute Gasteiger partial charge is 0.270 e. The maximum absolute atomic E-state index is 13.4. The van der Waals surface area contributed by atoms with Crippen molar-refractivity contribution in [3.05, 3.63) is 55.7 Å². The third-order valence-corrected chi connectivity index (χ3v) is 8.03. The van der Waals surface area contributed by atoms with E-state index in [2.05, 4.69) is 25.2 Å². The average Bonchev–Trinajstić information content (AvgIpc) is 3.20. The molecular formula is C29H36N4O4S2. The van der Waals surface area contributed by atoms with Gasteiger partial charge in [0.1, 0.15) is 21.8 Å². The fourth-order valence-electron chi connectivity index (χ4n) is 4.38. The number of nitriles is 1. The van der Waals surface area contributed by atoms with E-state index in [0.29, 0.717) is 63.7 Å². The molecule has 0 atom stereocenters. The third-order valence-electron chi connectivity index (χ3n) is 6.65. The molecule has 0 unspecified atom stereocenters. The molecule has 0 spiro atoms. The van der Waals surface area contributed by atoms with Crippen LogP contribution < -0.4 is 20.3 Å². The summed E-state index contributed by atoms with van der Waals surface area (Å²) in [5.41, 5.74) is 1.99. The summed E-state index contributed by atoms with van der Waals surface area (Å²) in [5.74, 6) is 1.77. The number of hydrogen-bond donors (Lipinski definition) is 1. The monoisotopic (exact) mass is 568 g/mol. The van der Waals surface area contributed by atoms with Crippen LogP contribution in [0.25, 0.3) is 6.08 Å². The van der Waals surface area contributed by atoms with Crippen LogP contribution >= 0.6 is 24.0 Å². The van der Waals surface area contributed by atoms with Gasteiger partial charge in [-0.3, -0.25) is 19.1 Å². The van der Waals surface area contributed by atoms with Crippen LogP contribution in [0, 0.1) is 18.3 Å². The number of unbranched alkanes of at least 4 members (excludes halogenated alkanes) is 2. The quantitative estimate of drug-likeness (QED) is 0.250. The second kappa shape index (κ2) is 14.2. The fraction of sp³-hybridized carbons (Fsp3) is 0.448. The number of amides is 1. The number of methoxy groups -OCH3 is 2. The Balaban J connectivity index is 2.04. The lowest BCUT2D eigenvalue weighted by molar-refractivity contribution is -0.122. The highest BCUT2D eigenvalue weighted by Gasteiger charge is 2.32. The van der Waals surface area contributed by atoms with Crippen molar-refractivity contribution in [1.29, 1.82) is 5.26 Å². The number of carbonyl (C=O) groups is 1. The number of nitrogens with one attached hydrogen (secondary N) is 1. The number of nitrogens with zero attached hydrogens (tertiary/aromatic N) is 3. The molecule has 1 aromatic heterocycles. The standard InChI is InChI=1S/C29H36N4O4S2/c1-6-8-14-32-26(31-13-12-20-10-11-23(36-4)24(16-20)37-5)21(19(3)22(18-30)27(32)34)17-25-28(35)33(15-9-7-2)29(38)39-25/h10-11,16-17,31H,6-9,12-15H2,1-5H3/b25-17+. The van der Waals surface area contributed by atoms with Gasteiger partial charge in [0.05, 0.1) is 19.1 Å². The molecule has 1 amide bonds. The van der Waals surface area contributed by atoms with Crippen molar-refractivity contribution in [2.24, 2.45) is 0 Å². The molecule has 10 heteroatoms. The van der Waals surface area contributed by atoms with Gasteiger partial charge in [-0.2, -0.15) is 5.26 Å². The van der Waals surface area contributed by atoms with E-state index in [1.807, 2.05) is 18.2 Å². The predicted octanol–water partition coefficient (Wildman–Crippen LogP) is 5.50. The van der Waals surface area contributed by atoms with Crippen LogP contribution in [0.3, 0.4) is 0 Å². The van der Waals surface area contributed by atoms with Crippen LogP contribution in [0.1, 0.15) is 61.8 Å². The van der Waals surface area contributed by atoms with Gasteiger partial charge in [-0.05, 0) is 55.5 Å². The summed E-state index contributed by atoms with van der Waals surface area (Å²) in [6.07, 6.45) is 5.91. The van der Waals surface area contributed by atoms with E-state index in [9.17, 15) is 14.9 Å². The third kappa shape index (κ3) is 6.84. The number of rotatable bonds is 13. The molecule has 1 aromatic carbocycles. The van der Waals surface area contributed by atoms with Gasteiger partial charge in [0.15, 0.2) is 11.5 Å². The van der Waals surface area contributed by atoms with Gasteiger partial charge < -0.3 is 14.8 Å². The van der Waals surface area contributed by atoms with Gasteiger partial charge >= 0.3 is 0 Å². The van der Waals surface area contributed by atoms with Gasteiger partial charge in [0.25, 0.3) is 11.5 Å². The number of hydrogen-bond acceptors (Lipinski definition) is 8. The first-order chi connectivity index (χ1) is 18.8. The zero-order valence-corrected chi connectivity index (χ0v) is 24.9. The molecule has 1 aliphatic rings. The molecule has 1 saturated heterocycles. The first kappa shape index (κ1) is 30.3. The molecule has 0 aliphatic carbocycles. The number of thioether (sulfide) groups is 1. The number of benzene rings is 1. The van der Waals surface area contributed by atoms with E-state index in [1.54, 1.807) is 36.7 Å². The molecule has 2 aromatic rings. The highest BCUT2D eigenvalue weighted by Crippen LogP contribution is 2.35. The van der Waals surface area contributed by atoms with E-state index in [1.165, 1.54) is 11.8 Å². The minimum atomic E-state index is -0.329. The Kier molecular flexibility index (Phi) is 11.0. The maximum atomic E-state index is 13.4. The van der Waals surface area contributed by atoms with Crippen molar-refractivity contribution in [2.75, 3.05) is 32.6 Å². The normalized spacial score (nSPS) is 14.2. The Labute approximate surface area is 240 Å². The summed E-state index contributed by atoms with van der Waals surface area (Å²) in [6, 6.07) is 7.86. The second-order valence-corrected chi connectivity index (χ2v) is 10.9. The van der Waals surface area contributed by atoms with Gasteiger partial charge in [0.2, 0.25) is 0 Å². The molecule has 3 rings (SSSR count). The maximum Gasteiger partial charge on any atom is 0.270 e. The number of carbonyl (C=O) groups excluding carboxylic acids is 1. The fourth-order valence-corrected chi connectivity index (χ4v) is 5.67. The number of aromatic nitrogens is 1. The van der Waals surface area contributed by atoms with Crippen LogP contribution in [0.4, 0.5) is 5.82 Å². The van der Waals surface area contributed by atoms with E-state index in [-0.39, 0.29) is 17.0 Å². The second-order valence-electron chi connectivity index (χ2n) is 9.24. The number of thiocarbonyl (C=S) groups is 1.